The summed E-state index contributed by atoms with van der Waals surface area (Å²) in [6, 6.07) is 7.77. The summed E-state index contributed by atoms with van der Waals surface area (Å²) < 4.78 is 5.23. The highest BCUT2D eigenvalue weighted by atomic mass is 16.5. The van der Waals surface area contributed by atoms with Gasteiger partial charge in [-0.25, -0.2) is 0 Å². The lowest BCUT2D eigenvalue weighted by molar-refractivity contribution is -0.132. The van der Waals surface area contributed by atoms with Crippen LogP contribution in [-0.4, -0.2) is 86.5 Å². The highest BCUT2D eigenvalue weighted by Gasteiger charge is 2.21. The Kier molecular flexibility index (Phi) is 8.54. The standard InChI is InChI=1S/C20H32N4O3/c1-4-8-21-19(25)15-23-9-11-24(12-10-23)16-20(26)22(2)14-17-6-5-7-18(13-17)27-3/h5-7,13H,4,8-12,14-16H2,1-3H3,(H,21,25). The molecule has 2 rings (SSSR count). The molecule has 27 heavy (non-hydrogen) atoms. The zero-order valence-electron chi connectivity index (χ0n) is 16.7. The topological polar surface area (TPSA) is 65.1 Å². The number of nitrogens with zero attached hydrogens (tertiary/aromatic N) is 3. The fourth-order valence-corrected chi connectivity index (χ4v) is 3.07. The van der Waals surface area contributed by atoms with Crippen LogP contribution in [0.3, 0.4) is 0 Å². The number of carbonyl (C=O) groups excluding carboxylic acids is 2. The molecular weight excluding hydrogens is 344 g/mol. The van der Waals surface area contributed by atoms with Crippen molar-refractivity contribution in [2.45, 2.75) is 19.9 Å². The van der Waals surface area contributed by atoms with Crippen molar-refractivity contribution in [2.24, 2.45) is 0 Å². The van der Waals surface area contributed by atoms with Gasteiger partial charge in [0, 0.05) is 46.3 Å². The minimum Gasteiger partial charge on any atom is -0.497 e. The summed E-state index contributed by atoms with van der Waals surface area (Å²) in [5, 5.41) is 2.91. The Morgan fingerprint density at radius 2 is 1.81 bits per heavy atom. The van der Waals surface area contributed by atoms with Crippen LogP contribution in [0.25, 0.3) is 0 Å². The van der Waals surface area contributed by atoms with Crippen molar-refractivity contribution < 1.29 is 14.3 Å². The molecule has 1 fully saturated rings. The molecule has 1 N–H and O–H groups in total. The fourth-order valence-electron chi connectivity index (χ4n) is 3.07. The summed E-state index contributed by atoms with van der Waals surface area (Å²) in [6.45, 7) is 7.42. The molecule has 0 spiro atoms. The van der Waals surface area contributed by atoms with Crippen LogP contribution >= 0.6 is 0 Å². The third-order valence-corrected chi connectivity index (χ3v) is 4.74. The molecule has 0 aromatic heterocycles. The predicted octanol–water partition coefficient (Wildman–Crippen LogP) is 0.797. The highest BCUT2D eigenvalue weighted by molar-refractivity contribution is 5.78. The minimum atomic E-state index is 0.0828. The number of carbonyl (C=O) groups is 2. The first-order chi connectivity index (χ1) is 13.0. The summed E-state index contributed by atoms with van der Waals surface area (Å²) in [5.74, 6) is 0.985. The SMILES string of the molecule is CCCNC(=O)CN1CCN(CC(=O)N(C)Cc2cccc(OC)c2)CC1. The molecule has 0 aliphatic carbocycles. The number of benzene rings is 1. The van der Waals surface area contributed by atoms with E-state index in [9.17, 15) is 9.59 Å². The molecule has 2 amide bonds. The number of methoxy groups -OCH3 is 1. The Balaban J connectivity index is 1.72. The largest absolute Gasteiger partial charge is 0.497 e. The molecule has 1 saturated heterocycles. The van der Waals surface area contributed by atoms with Gasteiger partial charge in [-0.2, -0.15) is 0 Å². The average Bonchev–Trinajstić information content (AvgIpc) is 2.68. The van der Waals surface area contributed by atoms with Crippen LogP contribution < -0.4 is 10.1 Å². The molecule has 1 aromatic rings. The normalized spacial score (nSPS) is 15.4. The van der Waals surface area contributed by atoms with E-state index in [4.69, 9.17) is 4.74 Å². The van der Waals surface area contributed by atoms with E-state index < -0.39 is 0 Å². The number of nitrogens with one attached hydrogen (secondary N) is 1. The highest BCUT2D eigenvalue weighted by Crippen LogP contribution is 2.14. The second kappa shape index (κ2) is 10.9. The number of rotatable bonds is 9. The van der Waals surface area contributed by atoms with Gasteiger partial charge in [-0.05, 0) is 24.1 Å². The number of hydrogen-bond donors (Lipinski definition) is 1. The maximum Gasteiger partial charge on any atom is 0.236 e. The van der Waals surface area contributed by atoms with Gasteiger partial charge in [0.2, 0.25) is 11.8 Å². The summed E-state index contributed by atoms with van der Waals surface area (Å²) in [5.41, 5.74) is 1.05. The van der Waals surface area contributed by atoms with Crippen molar-refractivity contribution in [2.75, 3.05) is 60.0 Å². The van der Waals surface area contributed by atoms with Crippen molar-refractivity contribution in [3.8, 4) is 5.75 Å². The molecule has 150 valence electrons. The molecule has 0 atom stereocenters. The molecule has 0 unspecified atom stereocenters. The average molecular weight is 377 g/mol. The molecule has 1 aliphatic heterocycles. The quantitative estimate of drug-likeness (QED) is 0.691. The lowest BCUT2D eigenvalue weighted by Gasteiger charge is -2.34. The Morgan fingerprint density at radius 1 is 1.15 bits per heavy atom. The number of amides is 2. The van der Waals surface area contributed by atoms with E-state index in [2.05, 4.69) is 15.1 Å². The molecule has 0 saturated carbocycles. The van der Waals surface area contributed by atoms with Gasteiger partial charge >= 0.3 is 0 Å². The van der Waals surface area contributed by atoms with Gasteiger partial charge in [-0.15, -0.1) is 0 Å². The first-order valence-corrected chi connectivity index (χ1v) is 9.60. The lowest BCUT2D eigenvalue weighted by Crippen LogP contribution is -2.51. The van der Waals surface area contributed by atoms with Gasteiger partial charge in [0.05, 0.1) is 20.2 Å². The van der Waals surface area contributed by atoms with Crippen molar-refractivity contribution in [3.63, 3.8) is 0 Å². The Bertz CT molecular complexity index is 615. The van der Waals surface area contributed by atoms with Gasteiger partial charge in [0.25, 0.3) is 0 Å². The molecule has 7 nitrogen and oxygen atoms in total. The third-order valence-electron chi connectivity index (χ3n) is 4.74. The van der Waals surface area contributed by atoms with Gasteiger partial charge in [0.1, 0.15) is 5.75 Å². The fraction of sp³-hybridized carbons (Fsp3) is 0.600. The van der Waals surface area contributed by atoms with Gasteiger partial charge in [-0.3, -0.25) is 19.4 Å². The second-order valence-electron chi connectivity index (χ2n) is 7.00. The van der Waals surface area contributed by atoms with E-state index in [1.54, 1.807) is 12.0 Å². The van der Waals surface area contributed by atoms with Crippen LogP contribution in [0.1, 0.15) is 18.9 Å². The van der Waals surface area contributed by atoms with E-state index in [0.29, 0.717) is 19.6 Å². The lowest BCUT2D eigenvalue weighted by atomic mass is 10.2. The van der Waals surface area contributed by atoms with Crippen molar-refractivity contribution in [1.82, 2.24) is 20.0 Å². The Labute approximate surface area is 162 Å². The summed E-state index contributed by atoms with van der Waals surface area (Å²) in [4.78, 5) is 30.4. The van der Waals surface area contributed by atoms with E-state index in [1.807, 2.05) is 38.2 Å². The van der Waals surface area contributed by atoms with Gasteiger partial charge < -0.3 is 15.0 Å². The van der Waals surface area contributed by atoms with Gasteiger partial charge in [0.15, 0.2) is 0 Å². The maximum absolute atomic E-state index is 12.5. The number of ether oxygens (including phenoxy) is 1. The molecule has 0 radical (unpaired) electrons. The monoisotopic (exact) mass is 376 g/mol. The molecule has 1 heterocycles. The summed E-state index contributed by atoms with van der Waals surface area (Å²) >= 11 is 0. The van der Waals surface area contributed by atoms with Crippen LogP contribution in [-0.2, 0) is 16.1 Å². The van der Waals surface area contributed by atoms with Crippen LogP contribution in [0.5, 0.6) is 5.75 Å². The van der Waals surface area contributed by atoms with E-state index >= 15 is 0 Å². The van der Waals surface area contributed by atoms with Crippen molar-refractivity contribution >= 4 is 11.8 Å². The number of hydrogen-bond acceptors (Lipinski definition) is 5. The van der Waals surface area contributed by atoms with E-state index in [1.165, 1.54) is 0 Å². The summed E-state index contributed by atoms with van der Waals surface area (Å²) in [6.07, 6.45) is 0.949. The minimum absolute atomic E-state index is 0.0828. The van der Waals surface area contributed by atoms with Crippen molar-refractivity contribution in [3.05, 3.63) is 29.8 Å². The maximum atomic E-state index is 12.5. The Hall–Kier alpha value is -2.12. The molecule has 1 aliphatic rings. The third kappa shape index (κ3) is 7.19. The molecule has 7 heteroatoms. The van der Waals surface area contributed by atoms with Crippen LogP contribution in [0.2, 0.25) is 0 Å². The van der Waals surface area contributed by atoms with E-state index in [0.717, 1.165) is 50.5 Å². The molecular formula is C20H32N4O3. The van der Waals surface area contributed by atoms with E-state index in [-0.39, 0.29) is 11.8 Å². The van der Waals surface area contributed by atoms with Crippen LogP contribution in [0.15, 0.2) is 24.3 Å². The predicted molar refractivity (Wildman–Crippen MR) is 106 cm³/mol. The van der Waals surface area contributed by atoms with Gasteiger partial charge in [-0.1, -0.05) is 19.1 Å². The van der Waals surface area contributed by atoms with Crippen molar-refractivity contribution in [1.29, 1.82) is 0 Å². The zero-order valence-corrected chi connectivity index (χ0v) is 16.7. The smallest absolute Gasteiger partial charge is 0.236 e. The van der Waals surface area contributed by atoms with Crippen LogP contribution in [0, 0.1) is 0 Å². The molecule has 0 bridgehead atoms. The number of likely N-dealkylation sites (N-methyl/N-ethyl adjacent to an activating group) is 1. The first-order valence-electron chi connectivity index (χ1n) is 9.60. The number of piperazine rings is 1. The first kappa shape index (κ1) is 21.2. The second-order valence-corrected chi connectivity index (χ2v) is 7.00. The Morgan fingerprint density at radius 3 is 2.44 bits per heavy atom. The van der Waals surface area contributed by atoms with Crippen LogP contribution in [0.4, 0.5) is 0 Å². The molecule has 1 aromatic carbocycles. The zero-order chi connectivity index (χ0) is 19.6. The summed E-state index contributed by atoms with van der Waals surface area (Å²) in [7, 11) is 3.47.